The van der Waals surface area contributed by atoms with Gasteiger partial charge >= 0.3 is 0 Å². The fraction of sp³-hybridized carbons (Fsp3) is 0.692. The third-order valence-electron chi connectivity index (χ3n) is 2.58. The summed E-state index contributed by atoms with van der Waals surface area (Å²) in [5.41, 5.74) is 0. The Balaban J connectivity index is 2.50. The average molecular weight is 245 g/mol. The lowest BCUT2D eigenvalue weighted by Crippen LogP contribution is -2.08. The van der Waals surface area contributed by atoms with E-state index in [2.05, 4.69) is 32.9 Å². The van der Waals surface area contributed by atoms with Gasteiger partial charge in [0, 0.05) is 15.6 Å². The van der Waals surface area contributed by atoms with Gasteiger partial charge in [-0.25, -0.2) is 0 Å². The number of halogens is 1. The van der Waals surface area contributed by atoms with Crippen molar-refractivity contribution in [3.8, 4) is 0 Å². The van der Waals surface area contributed by atoms with Gasteiger partial charge in [0.15, 0.2) is 0 Å². The third-order valence-corrected chi connectivity index (χ3v) is 4.27. The topological polar surface area (TPSA) is 0 Å². The van der Waals surface area contributed by atoms with Crippen LogP contribution in [0, 0.1) is 11.8 Å². The molecule has 2 heteroatoms. The molecule has 0 aliphatic carbocycles. The van der Waals surface area contributed by atoms with Gasteiger partial charge in [-0.05, 0) is 43.2 Å². The molecule has 0 aliphatic heterocycles. The van der Waals surface area contributed by atoms with Crippen molar-refractivity contribution in [1.29, 1.82) is 0 Å². The van der Waals surface area contributed by atoms with Crippen molar-refractivity contribution in [2.24, 2.45) is 11.8 Å². The second kappa shape index (κ2) is 6.55. The van der Waals surface area contributed by atoms with Crippen LogP contribution in [0.5, 0.6) is 0 Å². The molecule has 0 fully saturated rings. The predicted octanol–water partition coefficient (Wildman–Crippen LogP) is 4.75. The molecule has 1 heterocycles. The van der Waals surface area contributed by atoms with E-state index in [-0.39, 0.29) is 0 Å². The van der Waals surface area contributed by atoms with Gasteiger partial charge in [-0.15, -0.1) is 22.9 Å². The summed E-state index contributed by atoms with van der Waals surface area (Å²) in [7, 11) is 0. The molecule has 1 atom stereocenters. The molecule has 0 amide bonds. The molecule has 86 valence electrons. The second-order valence-corrected chi connectivity index (χ2v) is 6.14. The molecule has 15 heavy (non-hydrogen) atoms. The minimum absolute atomic E-state index is 0.648. The van der Waals surface area contributed by atoms with Crippen molar-refractivity contribution >= 4 is 22.9 Å². The molecule has 0 N–H and O–H groups in total. The fourth-order valence-electron chi connectivity index (χ4n) is 1.87. The minimum Gasteiger partial charge on any atom is -0.145 e. The van der Waals surface area contributed by atoms with Crippen LogP contribution >= 0.6 is 22.9 Å². The summed E-state index contributed by atoms with van der Waals surface area (Å²) in [6, 6.07) is 4.52. The van der Waals surface area contributed by atoms with Crippen LogP contribution in [0.1, 0.15) is 36.9 Å². The van der Waals surface area contributed by atoms with E-state index in [4.69, 9.17) is 11.6 Å². The van der Waals surface area contributed by atoms with E-state index in [0.29, 0.717) is 5.92 Å². The van der Waals surface area contributed by atoms with Crippen molar-refractivity contribution in [3.63, 3.8) is 0 Å². The first-order valence-corrected chi connectivity index (χ1v) is 7.14. The maximum atomic E-state index is 6.01. The van der Waals surface area contributed by atoms with Crippen molar-refractivity contribution in [2.45, 2.75) is 40.0 Å². The summed E-state index contributed by atoms with van der Waals surface area (Å²) in [4.78, 5) is 2.99. The van der Waals surface area contributed by atoms with Crippen LogP contribution in [0.25, 0.3) is 0 Å². The summed E-state index contributed by atoms with van der Waals surface area (Å²) in [5, 5.41) is 0. The fourth-order valence-corrected chi connectivity index (χ4v) is 3.18. The van der Waals surface area contributed by atoms with Crippen molar-refractivity contribution in [1.82, 2.24) is 0 Å². The van der Waals surface area contributed by atoms with Crippen LogP contribution in [0.4, 0.5) is 0 Å². The molecule has 1 aromatic heterocycles. The molecule has 1 unspecified atom stereocenters. The van der Waals surface area contributed by atoms with Crippen LogP contribution in [0.15, 0.2) is 12.1 Å². The molecule has 0 aromatic carbocycles. The highest BCUT2D eigenvalue weighted by atomic mass is 35.5. The Morgan fingerprint density at radius 3 is 2.40 bits per heavy atom. The Morgan fingerprint density at radius 2 is 1.93 bits per heavy atom. The molecule has 0 bridgehead atoms. The van der Waals surface area contributed by atoms with E-state index in [0.717, 1.165) is 24.6 Å². The summed E-state index contributed by atoms with van der Waals surface area (Å²) in [5.74, 6) is 2.19. The number of aryl methyl sites for hydroxylation is 1. The zero-order valence-corrected chi connectivity index (χ0v) is 11.5. The average Bonchev–Trinajstić information content (AvgIpc) is 2.64. The van der Waals surface area contributed by atoms with Crippen LogP contribution in [0.3, 0.4) is 0 Å². The number of hydrogen-bond donors (Lipinski definition) is 0. The molecule has 0 radical (unpaired) electrons. The maximum absolute atomic E-state index is 6.01. The molecule has 1 aromatic rings. The van der Waals surface area contributed by atoms with Gasteiger partial charge in [-0.3, -0.25) is 0 Å². The molecular weight excluding hydrogens is 224 g/mol. The van der Waals surface area contributed by atoms with E-state index < -0.39 is 0 Å². The quantitative estimate of drug-likeness (QED) is 0.634. The Labute approximate surface area is 103 Å². The van der Waals surface area contributed by atoms with Gasteiger partial charge < -0.3 is 0 Å². The first kappa shape index (κ1) is 13.1. The zero-order valence-electron chi connectivity index (χ0n) is 9.92. The molecule has 0 aliphatic rings. The first-order chi connectivity index (χ1) is 7.15. The highest BCUT2D eigenvalue weighted by Gasteiger charge is 2.11. The second-order valence-electron chi connectivity index (χ2n) is 4.58. The molecule has 0 spiro atoms. The Kier molecular flexibility index (Phi) is 5.70. The molecule has 0 saturated carbocycles. The molecule has 0 nitrogen and oxygen atoms in total. The summed E-state index contributed by atoms with van der Waals surface area (Å²) >= 11 is 7.95. The first-order valence-electron chi connectivity index (χ1n) is 5.79. The van der Waals surface area contributed by atoms with Gasteiger partial charge in [-0.1, -0.05) is 20.8 Å². The summed E-state index contributed by atoms with van der Waals surface area (Å²) in [6.45, 7) is 6.75. The number of hydrogen-bond acceptors (Lipinski definition) is 1. The molecule has 0 saturated heterocycles. The van der Waals surface area contributed by atoms with Crippen molar-refractivity contribution < 1.29 is 0 Å². The monoisotopic (exact) mass is 244 g/mol. The molecule has 1 rings (SSSR count). The highest BCUT2D eigenvalue weighted by molar-refractivity contribution is 7.11. The SMILES string of the molecule is CCc1ccc(CC(CCl)CC(C)C)s1. The Hall–Kier alpha value is -0.0100. The Morgan fingerprint density at radius 1 is 1.27 bits per heavy atom. The van der Waals surface area contributed by atoms with Gasteiger partial charge in [-0.2, -0.15) is 0 Å². The van der Waals surface area contributed by atoms with Crippen molar-refractivity contribution in [3.05, 3.63) is 21.9 Å². The lowest BCUT2D eigenvalue weighted by atomic mass is 9.95. The van der Waals surface area contributed by atoms with Gasteiger partial charge in [0.05, 0.1) is 0 Å². The van der Waals surface area contributed by atoms with Crippen LogP contribution in [-0.2, 0) is 12.8 Å². The minimum atomic E-state index is 0.648. The predicted molar refractivity (Wildman–Crippen MR) is 71.1 cm³/mol. The zero-order chi connectivity index (χ0) is 11.3. The van der Waals surface area contributed by atoms with Gasteiger partial charge in [0.25, 0.3) is 0 Å². The van der Waals surface area contributed by atoms with E-state index in [9.17, 15) is 0 Å². The standard InChI is InChI=1S/C13H21ClS/c1-4-12-5-6-13(15-12)8-11(9-14)7-10(2)3/h5-6,10-11H,4,7-9H2,1-3H3. The van der Waals surface area contributed by atoms with E-state index in [1.54, 1.807) is 0 Å². The lowest BCUT2D eigenvalue weighted by molar-refractivity contribution is 0.443. The maximum Gasteiger partial charge on any atom is 0.0255 e. The smallest absolute Gasteiger partial charge is 0.0255 e. The van der Waals surface area contributed by atoms with Gasteiger partial charge in [0.1, 0.15) is 0 Å². The summed E-state index contributed by atoms with van der Waals surface area (Å²) < 4.78 is 0. The van der Waals surface area contributed by atoms with Crippen LogP contribution < -0.4 is 0 Å². The van der Waals surface area contributed by atoms with Crippen molar-refractivity contribution in [2.75, 3.05) is 5.88 Å². The Bertz CT molecular complexity index is 278. The van der Waals surface area contributed by atoms with Gasteiger partial charge in [0.2, 0.25) is 0 Å². The van der Waals surface area contributed by atoms with E-state index in [1.165, 1.54) is 16.2 Å². The number of rotatable bonds is 6. The number of thiophene rings is 1. The highest BCUT2D eigenvalue weighted by Crippen LogP contribution is 2.24. The summed E-state index contributed by atoms with van der Waals surface area (Å²) in [6.07, 6.45) is 3.55. The largest absolute Gasteiger partial charge is 0.145 e. The van der Waals surface area contributed by atoms with E-state index in [1.807, 2.05) is 11.3 Å². The van der Waals surface area contributed by atoms with E-state index >= 15 is 0 Å². The normalized spacial score (nSPS) is 13.4. The third kappa shape index (κ3) is 4.56. The van der Waals surface area contributed by atoms with Crippen LogP contribution in [0.2, 0.25) is 0 Å². The van der Waals surface area contributed by atoms with Crippen LogP contribution in [-0.4, -0.2) is 5.88 Å². The lowest BCUT2D eigenvalue weighted by Gasteiger charge is -2.14. The molecular formula is C13H21ClS. The number of alkyl halides is 1.